The molecule has 0 radical (unpaired) electrons. The van der Waals surface area contributed by atoms with Crippen LogP contribution in [0.25, 0.3) is 10.8 Å². The van der Waals surface area contributed by atoms with E-state index in [1.54, 1.807) is 0 Å². The van der Waals surface area contributed by atoms with Gasteiger partial charge >= 0.3 is 0 Å². The summed E-state index contributed by atoms with van der Waals surface area (Å²) >= 11 is 1.83. The zero-order valence-corrected chi connectivity index (χ0v) is 13.1. The molecule has 0 atom stereocenters. The fraction of sp³-hybridized carbons (Fsp3) is 0.222. The molecule has 0 aliphatic carbocycles. The van der Waals surface area contributed by atoms with E-state index in [0.717, 1.165) is 13.0 Å². The van der Waals surface area contributed by atoms with Gasteiger partial charge in [0.25, 0.3) is 0 Å². The Morgan fingerprint density at radius 1 is 1.00 bits per heavy atom. The Morgan fingerprint density at radius 3 is 2.52 bits per heavy atom. The SMILES string of the molecule is CN(CCc1cccs1)c1ccc(CN)c2ccccc12. The lowest BCUT2D eigenvalue weighted by Crippen LogP contribution is -2.20. The van der Waals surface area contributed by atoms with Crippen molar-refractivity contribution in [1.82, 2.24) is 0 Å². The summed E-state index contributed by atoms with van der Waals surface area (Å²) in [6.45, 7) is 1.60. The number of benzene rings is 2. The fourth-order valence-electron chi connectivity index (χ4n) is 2.71. The molecule has 0 bridgehead atoms. The maximum Gasteiger partial charge on any atom is 0.0443 e. The summed E-state index contributed by atoms with van der Waals surface area (Å²) in [7, 11) is 2.16. The van der Waals surface area contributed by atoms with Crippen LogP contribution in [0.15, 0.2) is 53.9 Å². The molecular weight excluding hydrogens is 276 g/mol. The monoisotopic (exact) mass is 296 g/mol. The highest BCUT2D eigenvalue weighted by atomic mass is 32.1. The standard InChI is InChI=1S/C18H20N2S/c1-20(11-10-15-5-4-12-21-15)18-9-8-14(13-19)16-6-2-3-7-17(16)18/h2-9,12H,10-11,13,19H2,1H3. The Bertz CT molecular complexity index is 719. The van der Waals surface area contributed by atoms with Gasteiger partial charge in [-0.2, -0.15) is 0 Å². The van der Waals surface area contributed by atoms with E-state index in [4.69, 9.17) is 5.73 Å². The van der Waals surface area contributed by atoms with Crippen LogP contribution < -0.4 is 10.6 Å². The molecule has 3 rings (SSSR count). The number of thiophene rings is 1. The number of hydrogen-bond acceptors (Lipinski definition) is 3. The van der Waals surface area contributed by atoms with Crippen LogP contribution in [0.5, 0.6) is 0 Å². The minimum Gasteiger partial charge on any atom is -0.374 e. The molecule has 0 aliphatic rings. The lowest BCUT2D eigenvalue weighted by Gasteiger charge is -2.22. The Kier molecular flexibility index (Phi) is 4.23. The van der Waals surface area contributed by atoms with Crippen molar-refractivity contribution >= 4 is 27.8 Å². The molecule has 1 heterocycles. The maximum atomic E-state index is 5.85. The first-order chi connectivity index (χ1) is 10.3. The molecule has 0 amide bonds. The van der Waals surface area contributed by atoms with Gasteiger partial charge in [0.05, 0.1) is 0 Å². The Labute approximate surface area is 129 Å². The lowest BCUT2D eigenvalue weighted by molar-refractivity contribution is 0.890. The van der Waals surface area contributed by atoms with E-state index in [2.05, 4.69) is 65.9 Å². The minimum atomic E-state index is 0.583. The predicted molar refractivity (Wildman–Crippen MR) is 93.1 cm³/mol. The Balaban J connectivity index is 1.89. The Hall–Kier alpha value is -1.84. The van der Waals surface area contributed by atoms with Crippen molar-refractivity contribution in [3.8, 4) is 0 Å². The van der Waals surface area contributed by atoms with Gasteiger partial charge in [-0.15, -0.1) is 11.3 Å². The summed E-state index contributed by atoms with van der Waals surface area (Å²) in [5.74, 6) is 0. The average Bonchev–Trinajstić information content (AvgIpc) is 3.05. The minimum absolute atomic E-state index is 0.583. The van der Waals surface area contributed by atoms with Crippen LogP contribution in [-0.2, 0) is 13.0 Å². The third-order valence-corrected chi connectivity index (χ3v) is 4.83. The van der Waals surface area contributed by atoms with Crippen LogP contribution in [0.2, 0.25) is 0 Å². The summed E-state index contributed by atoms with van der Waals surface area (Å²) in [5.41, 5.74) is 8.34. The molecule has 3 heteroatoms. The lowest BCUT2D eigenvalue weighted by atomic mass is 10.0. The molecule has 0 aliphatic heterocycles. The van der Waals surface area contributed by atoms with Gasteiger partial charge in [0.15, 0.2) is 0 Å². The molecule has 0 saturated heterocycles. The molecule has 0 unspecified atom stereocenters. The topological polar surface area (TPSA) is 29.3 Å². The van der Waals surface area contributed by atoms with Crippen LogP contribution in [0.1, 0.15) is 10.4 Å². The molecule has 3 aromatic rings. The molecule has 0 saturated carbocycles. The van der Waals surface area contributed by atoms with Crippen LogP contribution in [0.3, 0.4) is 0 Å². The number of rotatable bonds is 5. The number of nitrogens with zero attached hydrogens (tertiary/aromatic N) is 1. The molecule has 2 N–H and O–H groups in total. The molecule has 1 aromatic heterocycles. The van der Waals surface area contributed by atoms with Gasteiger partial charge in [-0.3, -0.25) is 0 Å². The van der Waals surface area contributed by atoms with E-state index in [1.807, 2.05) is 11.3 Å². The fourth-order valence-corrected chi connectivity index (χ4v) is 3.41. The van der Waals surface area contributed by atoms with E-state index >= 15 is 0 Å². The third-order valence-electron chi connectivity index (χ3n) is 3.90. The van der Waals surface area contributed by atoms with Crippen molar-refractivity contribution in [2.24, 2.45) is 5.73 Å². The highest BCUT2D eigenvalue weighted by Gasteiger charge is 2.08. The van der Waals surface area contributed by atoms with Crippen molar-refractivity contribution in [3.63, 3.8) is 0 Å². The second-order valence-electron chi connectivity index (χ2n) is 5.24. The second kappa shape index (κ2) is 6.29. The smallest absolute Gasteiger partial charge is 0.0443 e. The summed E-state index contributed by atoms with van der Waals surface area (Å²) in [6, 6.07) is 17.2. The highest BCUT2D eigenvalue weighted by Crippen LogP contribution is 2.29. The van der Waals surface area contributed by atoms with E-state index in [0.29, 0.717) is 6.54 Å². The maximum absolute atomic E-state index is 5.85. The van der Waals surface area contributed by atoms with Crippen molar-refractivity contribution in [3.05, 3.63) is 64.4 Å². The number of likely N-dealkylation sites (N-methyl/N-ethyl adjacent to an activating group) is 1. The summed E-state index contributed by atoms with van der Waals surface area (Å²) in [6.07, 6.45) is 1.08. The van der Waals surface area contributed by atoms with Crippen LogP contribution in [0, 0.1) is 0 Å². The van der Waals surface area contributed by atoms with Crippen LogP contribution >= 0.6 is 11.3 Å². The average molecular weight is 296 g/mol. The number of fused-ring (bicyclic) bond motifs is 1. The summed E-state index contributed by atoms with van der Waals surface area (Å²) < 4.78 is 0. The van der Waals surface area contributed by atoms with Gasteiger partial charge < -0.3 is 10.6 Å². The molecular formula is C18H20N2S. The van der Waals surface area contributed by atoms with Gasteiger partial charge in [0.2, 0.25) is 0 Å². The van der Waals surface area contributed by atoms with E-state index < -0.39 is 0 Å². The highest BCUT2D eigenvalue weighted by molar-refractivity contribution is 7.09. The molecule has 2 aromatic carbocycles. The normalized spacial score (nSPS) is 11.0. The van der Waals surface area contributed by atoms with Gasteiger partial charge in [-0.25, -0.2) is 0 Å². The quantitative estimate of drug-likeness (QED) is 0.770. The van der Waals surface area contributed by atoms with Crippen molar-refractivity contribution in [1.29, 1.82) is 0 Å². The van der Waals surface area contributed by atoms with Crippen LogP contribution in [0.4, 0.5) is 5.69 Å². The first-order valence-corrected chi connectivity index (χ1v) is 8.12. The number of anilines is 1. The van der Waals surface area contributed by atoms with Gasteiger partial charge in [-0.1, -0.05) is 36.4 Å². The van der Waals surface area contributed by atoms with Crippen LogP contribution in [-0.4, -0.2) is 13.6 Å². The predicted octanol–water partition coefficient (Wildman–Crippen LogP) is 4.04. The Morgan fingerprint density at radius 2 is 1.81 bits per heavy atom. The second-order valence-corrected chi connectivity index (χ2v) is 6.28. The first kappa shape index (κ1) is 14.1. The zero-order valence-electron chi connectivity index (χ0n) is 12.3. The van der Waals surface area contributed by atoms with E-state index in [-0.39, 0.29) is 0 Å². The first-order valence-electron chi connectivity index (χ1n) is 7.24. The van der Waals surface area contributed by atoms with E-state index in [1.165, 1.54) is 26.9 Å². The molecule has 21 heavy (non-hydrogen) atoms. The zero-order chi connectivity index (χ0) is 14.7. The number of hydrogen-bond donors (Lipinski definition) is 1. The molecule has 0 spiro atoms. The summed E-state index contributed by atoms with van der Waals surface area (Å²) in [4.78, 5) is 3.77. The number of nitrogens with two attached hydrogens (primary N) is 1. The van der Waals surface area contributed by atoms with Gasteiger partial charge in [0, 0.05) is 36.1 Å². The molecule has 0 fully saturated rings. The van der Waals surface area contributed by atoms with Crippen molar-refractivity contribution < 1.29 is 0 Å². The summed E-state index contributed by atoms with van der Waals surface area (Å²) in [5, 5.41) is 4.69. The van der Waals surface area contributed by atoms with Crippen molar-refractivity contribution in [2.45, 2.75) is 13.0 Å². The molecule has 108 valence electrons. The van der Waals surface area contributed by atoms with Gasteiger partial charge in [-0.05, 0) is 34.9 Å². The largest absolute Gasteiger partial charge is 0.374 e. The third kappa shape index (κ3) is 2.94. The van der Waals surface area contributed by atoms with E-state index in [9.17, 15) is 0 Å². The molecule has 2 nitrogen and oxygen atoms in total. The van der Waals surface area contributed by atoms with Gasteiger partial charge in [0.1, 0.15) is 0 Å². The van der Waals surface area contributed by atoms with Crippen molar-refractivity contribution in [2.75, 3.05) is 18.5 Å².